The normalized spacial score (nSPS) is 14.9. The molecule has 0 bridgehead atoms. The Bertz CT molecular complexity index is 809. The first-order valence-corrected chi connectivity index (χ1v) is 9.89. The number of aryl methyl sites for hydroxylation is 1. The minimum absolute atomic E-state index is 0.0415. The summed E-state index contributed by atoms with van der Waals surface area (Å²) in [4.78, 5) is 16.8. The summed E-state index contributed by atoms with van der Waals surface area (Å²) in [5.74, 6) is 0.780. The summed E-state index contributed by atoms with van der Waals surface area (Å²) >= 11 is 0. The number of carbonyl (C=O) groups is 1. The van der Waals surface area contributed by atoms with E-state index in [1.807, 2.05) is 53.4 Å². The van der Waals surface area contributed by atoms with Gasteiger partial charge in [0.05, 0.1) is 11.6 Å². The van der Waals surface area contributed by atoms with E-state index >= 15 is 0 Å². The zero-order chi connectivity index (χ0) is 19.8. The molecule has 1 aliphatic rings. The molecular weight excluding hydrogens is 350 g/mol. The Morgan fingerprint density at radius 3 is 2.39 bits per heavy atom. The number of ether oxygens (including phenoxy) is 1. The van der Waals surface area contributed by atoms with E-state index in [0.29, 0.717) is 12.1 Å². The number of hydrogen-bond acceptors (Lipinski definition) is 4. The largest absolute Gasteiger partial charge is 0.484 e. The van der Waals surface area contributed by atoms with Crippen molar-refractivity contribution >= 4 is 5.91 Å². The molecule has 146 valence electrons. The zero-order valence-electron chi connectivity index (χ0n) is 16.4. The highest BCUT2D eigenvalue weighted by Crippen LogP contribution is 2.14. The third-order valence-corrected chi connectivity index (χ3v) is 5.12. The molecule has 2 aromatic rings. The third kappa shape index (κ3) is 5.58. The van der Waals surface area contributed by atoms with Crippen LogP contribution in [0.1, 0.15) is 30.0 Å². The van der Waals surface area contributed by atoms with Gasteiger partial charge in [0, 0.05) is 32.7 Å². The lowest BCUT2D eigenvalue weighted by Gasteiger charge is -2.22. The molecule has 0 aromatic heterocycles. The van der Waals surface area contributed by atoms with Gasteiger partial charge >= 0.3 is 0 Å². The van der Waals surface area contributed by atoms with Crippen LogP contribution >= 0.6 is 0 Å². The van der Waals surface area contributed by atoms with Gasteiger partial charge in [-0.2, -0.15) is 5.26 Å². The molecule has 0 radical (unpaired) electrons. The van der Waals surface area contributed by atoms with Crippen molar-refractivity contribution in [1.82, 2.24) is 9.80 Å². The van der Waals surface area contributed by atoms with Crippen molar-refractivity contribution in [2.45, 2.75) is 26.3 Å². The molecule has 1 fully saturated rings. The predicted molar refractivity (Wildman–Crippen MR) is 109 cm³/mol. The van der Waals surface area contributed by atoms with Crippen LogP contribution in [-0.2, 0) is 17.8 Å². The first-order valence-electron chi connectivity index (χ1n) is 9.89. The highest BCUT2D eigenvalue weighted by atomic mass is 16.5. The van der Waals surface area contributed by atoms with Crippen molar-refractivity contribution in [3.8, 4) is 11.8 Å². The van der Waals surface area contributed by atoms with E-state index < -0.39 is 0 Å². The second kappa shape index (κ2) is 9.91. The molecule has 0 spiro atoms. The molecule has 5 nitrogen and oxygen atoms in total. The lowest BCUT2D eigenvalue weighted by Crippen LogP contribution is -2.38. The fraction of sp³-hybridized carbons (Fsp3) is 0.391. The summed E-state index contributed by atoms with van der Waals surface area (Å²) in [5.41, 5.74) is 3.13. The Hall–Kier alpha value is -2.84. The molecule has 0 aliphatic carbocycles. The molecule has 2 aromatic carbocycles. The highest BCUT2D eigenvalue weighted by molar-refractivity contribution is 5.77. The van der Waals surface area contributed by atoms with Gasteiger partial charge in [-0.15, -0.1) is 0 Å². The molecular formula is C23H27N3O2. The Kier molecular flexibility index (Phi) is 7.05. The minimum Gasteiger partial charge on any atom is -0.484 e. The number of carbonyl (C=O) groups excluding carboxylic acids is 1. The first kappa shape index (κ1) is 19.9. The Balaban J connectivity index is 1.46. The zero-order valence-corrected chi connectivity index (χ0v) is 16.4. The smallest absolute Gasteiger partial charge is 0.260 e. The quantitative estimate of drug-likeness (QED) is 0.776. The van der Waals surface area contributed by atoms with Crippen LogP contribution in [0.5, 0.6) is 5.75 Å². The van der Waals surface area contributed by atoms with Crippen LogP contribution in [0.15, 0.2) is 48.5 Å². The highest BCUT2D eigenvalue weighted by Gasteiger charge is 2.19. The lowest BCUT2D eigenvalue weighted by atomic mass is 10.1. The maximum Gasteiger partial charge on any atom is 0.260 e. The van der Waals surface area contributed by atoms with Crippen molar-refractivity contribution in [1.29, 1.82) is 5.26 Å². The van der Waals surface area contributed by atoms with Gasteiger partial charge in [-0.3, -0.25) is 9.69 Å². The van der Waals surface area contributed by atoms with Crippen LogP contribution in [-0.4, -0.2) is 48.5 Å². The van der Waals surface area contributed by atoms with Crippen LogP contribution in [0.4, 0.5) is 0 Å². The molecule has 5 heteroatoms. The van der Waals surface area contributed by atoms with Crippen molar-refractivity contribution in [3.63, 3.8) is 0 Å². The molecule has 1 heterocycles. The van der Waals surface area contributed by atoms with E-state index in [-0.39, 0.29) is 12.5 Å². The monoisotopic (exact) mass is 377 g/mol. The van der Waals surface area contributed by atoms with E-state index in [0.717, 1.165) is 44.8 Å². The third-order valence-electron chi connectivity index (χ3n) is 5.12. The molecule has 3 rings (SSSR count). The molecule has 1 saturated heterocycles. The average Bonchev–Trinajstić information content (AvgIpc) is 2.98. The van der Waals surface area contributed by atoms with Gasteiger partial charge in [0.2, 0.25) is 0 Å². The summed E-state index contributed by atoms with van der Waals surface area (Å²) in [6, 6.07) is 17.8. The Morgan fingerprint density at radius 1 is 1.00 bits per heavy atom. The summed E-state index contributed by atoms with van der Waals surface area (Å²) in [6.45, 7) is 6.33. The van der Waals surface area contributed by atoms with Crippen molar-refractivity contribution in [3.05, 3.63) is 65.2 Å². The molecule has 28 heavy (non-hydrogen) atoms. The number of nitrogens with zero attached hydrogens (tertiary/aromatic N) is 3. The molecule has 0 saturated carbocycles. The maximum atomic E-state index is 12.5. The van der Waals surface area contributed by atoms with Gasteiger partial charge in [-0.1, -0.05) is 31.2 Å². The SMILES string of the molecule is CCc1ccc(OCC(=O)N2CCCN(Cc3ccc(C#N)cc3)CC2)cc1. The number of rotatable bonds is 6. The van der Waals surface area contributed by atoms with Crippen LogP contribution in [0, 0.1) is 11.3 Å². The van der Waals surface area contributed by atoms with Gasteiger partial charge < -0.3 is 9.64 Å². The van der Waals surface area contributed by atoms with Gasteiger partial charge in [0.15, 0.2) is 6.61 Å². The van der Waals surface area contributed by atoms with Crippen molar-refractivity contribution in [2.24, 2.45) is 0 Å². The summed E-state index contributed by atoms with van der Waals surface area (Å²) < 4.78 is 5.67. The van der Waals surface area contributed by atoms with E-state index in [1.165, 1.54) is 11.1 Å². The first-order chi connectivity index (χ1) is 13.7. The summed E-state index contributed by atoms with van der Waals surface area (Å²) in [6.07, 6.45) is 1.94. The van der Waals surface area contributed by atoms with E-state index in [2.05, 4.69) is 17.9 Å². The van der Waals surface area contributed by atoms with Gasteiger partial charge in [-0.05, 0) is 48.2 Å². The number of amides is 1. The number of benzene rings is 2. The van der Waals surface area contributed by atoms with E-state index in [4.69, 9.17) is 10.00 Å². The molecule has 1 amide bonds. The standard InChI is InChI=1S/C23H27N3O2/c1-2-19-8-10-22(11-9-19)28-18-23(27)26-13-3-12-25(14-15-26)17-21-6-4-20(16-24)5-7-21/h4-11H,2-3,12-15,17-18H2,1H3. The van der Waals surface area contributed by atoms with Crippen LogP contribution < -0.4 is 4.74 Å². The van der Waals surface area contributed by atoms with Crippen LogP contribution in [0.25, 0.3) is 0 Å². The summed E-state index contributed by atoms with van der Waals surface area (Å²) in [7, 11) is 0. The topological polar surface area (TPSA) is 56.6 Å². The number of nitriles is 1. The fourth-order valence-electron chi connectivity index (χ4n) is 3.38. The Morgan fingerprint density at radius 2 is 1.71 bits per heavy atom. The average molecular weight is 377 g/mol. The maximum absolute atomic E-state index is 12.5. The van der Waals surface area contributed by atoms with Crippen LogP contribution in [0.3, 0.4) is 0 Å². The molecule has 0 atom stereocenters. The van der Waals surface area contributed by atoms with E-state index in [9.17, 15) is 4.79 Å². The van der Waals surface area contributed by atoms with Crippen molar-refractivity contribution < 1.29 is 9.53 Å². The minimum atomic E-state index is 0.0415. The van der Waals surface area contributed by atoms with Gasteiger partial charge in [0.25, 0.3) is 5.91 Å². The predicted octanol–water partition coefficient (Wildman–Crippen LogP) is 3.23. The molecule has 0 N–H and O–H groups in total. The van der Waals surface area contributed by atoms with Gasteiger partial charge in [0.1, 0.15) is 5.75 Å². The molecule has 1 aliphatic heterocycles. The number of hydrogen-bond donors (Lipinski definition) is 0. The van der Waals surface area contributed by atoms with Gasteiger partial charge in [-0.25, -0.2) is 0 Å². The lowest BCUT2D eigenvalue weighted by molar-refractivity contribution is -0.133. The fourth-order valence-corrected chi connectivity index (χ4v) is 3.38. The molecule has 0 unspecified atom stereocenters. The van der Waals surface area contributed by atoms with E-state index in [1.54, 1.807) is 0 Å². The summed E-state index contributed by atoms with van der Waals surface area (Å²) in [5, 5.41) is 8.90. The van der Waals surface area contributed by atoms with Crippen molar-refractivity contribution in [2.75, 3.05) is 32.8 Å². The second-order valence-corrected chi connectivity index (χ2v) is 7.11. The second-order valence-electron chi connectivity index (χ2n) is 7.11. The Labute approximate surface area is 167 Å². The van der Waals surface area contributed by atoms with Crippen LogP contribution in [0.2, 0.25) is 0 Å².